The van der Waals surface area contributed by atoms with E-state index in [-0.39, 0.29) is 11.9 Å². The molecule has 0 fully saturated rings. The lowest BCUT2D eigenvalue weighted by molar-refractivity contribution is 0.0934. The van der Waals surface area contributed by atoms with Crippen LogP contribution in [-0.4, -0.2) is 45.9 Å². The molecule has 8 heteroatoms. The predicted molar refractivity (Wildman–Crippen MR) is 103 cm³/mol. The van der Waals surface area contributed by atoms with Crippen LogP contribution in [0.5, 0.6) is 5.88 Å². The molecule has 1 aliphatic heterocycles. The summed E-state index contributed by atoms with van der Waals surface area (Å²) >= 11 is 0. The second-order valence-corrected chi connectivity index (χ2v) is 6.84. The number of methoxy groups -OCH3 is 2. The highest BCUT2D eigenvalue weighted by atomic mass is 16.5. The van der Waals surface area contributed by atoms with Gasteiger partial charge in [0, 0.05) is 37.6 Å². The summed E-state index contributed by atoms with van der Waals surface area (Å²) in [6, 6.07) is 9.34. The van der Waals surface area contributed by atoms with Crippen molar-refractivity contribution in [2.75, 3.05) is 14.2 Å². The maximum absolute atomic E-state index is 13.0. The first-order valence-electron chi connectivity index (χ1n) is 9.34. The zero-order chi connectivity index (χ0) is 19.5. The zero-order valence-corrected chi connectivity index (χ0v) is 16.0. The molecule has 0 spiro atoms. The number of carbonyl (C=O) groups excluding carboxylic acids is 1. The van der Waals surface area contributed by atoms with Crippen molar-refractivity contribution in [2.45, 2.75) is 38.5 Å². The Balaban J connectivity index is 1.52. The summed E-state index contributed by atoms with van der Waals surface area (Å²) in [7, 11) is 3.20. The molecule has 0 aliphatic carbocycles. The number of ether oxygens (including phenoxy) is 2. The van der Waals surface area contributed by atoms with Crippen molar-refractivity contribution in [3.63, 3.8) is 0 Å². The Labute approximate surface area is 162 Å². The van der Waals surface area contributed by atoms with Crippen LogP contribution in [0.4, 0.5) is 0 Å². The topological polar surface area (TPSA) is 91.2 Å². The van der Waals surface area contributed by atoms with Crippen molar-refractivity contribution in [2.24, 2.45) is 0 Å². The van der Waals surface area contributed by atoms with Gasteiger partial charge in [-0.25, -0.2) is 4.98 Å². The van der Waals surface area contributed by atoms with Crippen LogP contribution in [0.3, 0.4) is 0 Å². The van der Waals surface area contributed by atoms with Crippen molar-refractivity contribution in [1.29, 1.82) is 0 Å². The van der Waals surface area contributed by atoms with Gasteiger partial charge in [-0.15, -0.1) is 10.2 Å². The van der Waals surface area contributed by atoms with Gasteiger partial charge in [-0.3, -0.25) is 4.79 Å². The van der Waals surface area contributed by atoms with Gasteiger partial charge in [0.1, 0.15) is 12.4 Å². The van der Waals surface area contributed by atoms with Crippen molar-refractivity contribution in [3.05, 3.63) is 47.5 Å². The number of benzene rings is 1. The van der Waals surface area contributed by atoms with Crippen LogP contribution >= 0.6 is 0 Å². The molecule has 1 N–H and O–H groups in total. The minimum absolute atomic E-state index is 0.0579. The van der Waals surface area contributed by atoms with Gasteiger partial charge in [-0.2, -0.15) is 0 Å². The summed E-state index contributed by atoms with van der Waals surface area (Å²) in [6.07, 6.45) is 2.40. The average molecular weight is 381 g/mol. The Morgan fingerprint density at radius 2 is 2.11 bits per heavy atom. The first-order chi connectivity index (χ1) is 13.7. The third-order valence-electron chi connectivity index (χ3n) is 5.08. The molecule has 1 atom stereocenters. The largest absolute Gasteiger partial charge is 0.481 e. The Bertz CT molecular complexity index is 1000. The molecule has 1 amide bonds. The van der Waals surface area contributed by atoms with Gasteiger partial charge in [-0.05, 0) is 18.9 Å². The van der Waals surface area contributed by atoms with Gasteiger partial charge in [0.05, 0.1) is 18.2 Å². The van der Waals surface area contributed by atoms with E-state index >= 15 is 0 Å². The van der Waals surface area contributed by atoms with Gasteiger partial charge >= 0.3 is 0 Å². The summed E-state index contributed by atoms with van der Waals surface area (Å²) in [5, 5.41) is 12.5. The number of nitrogens with one attached hydrogen (secondary N) is 1. The fraction of sp³-hybridized carbons (Fsp3) is 0.400. The molecule has 4 rings (SSSR count). The lowest BCUT2D eigenvalue weighted by Gasteiger charge is -2.17. The normalized spacial score (nSPS) is 16.4. The number of rotatable bonds is 5. The third kappa shape index (κ3) is 3.55. The summed E-state index contributed by atoms with van der Waals surface area (Å²) in [6.45, 7) is 1.19. The number of amides is 1. The second kappa shape index (κ2) is 7.93. The van der Waals surface area contributed by atoms with E-state index in [0.717, 1.165) is 48.4 Å². The van der Waals surface area contributed by atoms with E-state index in [0.29, 0.717) is 18.1 Å². The van der Waals surface area contributed by atoms with E-state index in [9.17, 15) is 4.79 Å². The van der Waals surface area contributed by atoms with Gasteiger partial charge in [0.25, 0.3) is 5.91 Å². The lowest BCUT2D eigenvalue weighted by atomic mass is 10.1. The van der Waals surface area contributed by atoms with Gasteiger partial charge in [-0.1, -0.05) is 18.2 Å². The number of carbonyl (C=O) groups is 1. The SMILES string of the molecule is COCc1nnc2n1CCC(NC(=O)c1cc(OC)nc3ccccc13)CC2. The Kier molecular flexibility index (Phi) is 5.21. The highest BCUT2D eigenvalue weighted by Crippen LogP contribution is 2.23. The average Bonchev–Trinajstić information content (AvgIpc) is 2.99. The fourth-order valence-corrected chi connectivity index (χ4v) is 3.63. The molecule has 0 radical (unpaired) electrons. The summed E-state index contributed by atoms with van der Waals surface area (Å²) < 4.78 is 12.6. The van der Waals surface area contributed by atoms with Gasteiger partial charge in [0.15, 0.2) is 5.82 Å². The zero-order valence-electron chi connectivity index (χ0n) is 16.0. The van der Waals surface area contributed by atoms with Gasteiger partial charge < -0.3 is 19.4 Å². The van der Waals surface area contributed by atoms with Crippen LogP contribution in [0.25, 0.3) is 10.9 Å². The molecule has 0 saturated carbocycles. The number of aromatic nitrogens is 4. The molecule has 0 saturated heterocycles. The van der Waals surface area contributed by atoms with E-state index in [1.807, 2.05) is 24.3 Å². The standard InChI is InChI=1S/C20H23N5O3/c1-27-12-18-24-23-17-8-7-13(9-10-25(17)18)21-20(26)15-11-19(28-2)22-16-6-4-3-5-14(15)16/h3-6,11,13H,7-10,12H2,1-2H3,(H,21,26). The quantitative estimate of drug-likeness (QED) is 0.728. The number of hydrogen-bond donors (Lipinski definition) is 1. The third-order valence-corrected chi connectivity index (χ3v) is 5.08. The molecule has 146 valence electrons. The first kappa shape index (κ1) is 18.4. The highest BCUT2D eigenvalue weighted by Gasteiger charge is 2.23. The minimum atomic E-state index is -0.114. The van der Waals surface area contributed by atoms with Crippen molar-refractivity contribution in [3.8, 4) is 5.88 Å². The van der Waals surface area contributed by atoms with Crippen LogP contribution in [0.2, 0.25) is 0 Å². The number of nitrogens with zero attached hydrogens (tertiary/aromatic N) is 4. The van der Waals surface area contributed by atoms with Crippen LogP contribution in [-0.2, 0) is 24.3 Å². The molecule has 1 aliphatic rings. The van der Waals surface area contributed by atoms with E-state index in [4.69, 9.17) is 9.47 Å². The fourth-order valence-electron chi connectivity index (χ4n) is 3.63. The van der Waals surface area contributed by atoms with Gasteiger partial charge in [0.2, 0.25) is 5.88 Å². The van der Waals surface area contributed by atoms with E-state index in [1.54, 1.807) is 20.3 Å². The first-order valence-corrected chi connectivity index (χ1v) is 9.34. The second-order valence-electron chi connectivity index (χ2n) is 6.84. The van der Waals surface area contributed by atoms with Crippen LogP contribution in [0, 0.1) is 0 Å². The van der Waals surface area contributed by atoms with Crippen LogP contribution < -0.4 is 10.1 Å². The number of para-hydroxylation sites is 1. The molecular weight excluding hydrogens is 358 g/mol. The van der Waals surface area contributed by atoms with Crippen molar-refractivity contribution >= 4 is 16.8 Å². The van der Waals surface area contributed by atoms with Crippen molar-refractivity contribution in [1.82, 2.24) is 25.1 Å². The molecule has 1 unspecified atom stereocenters. The molecule has 28 heavy (non-hydrogen) atoms. The van der Waals surface area contributed by atoms with Crippen LogP contribution in [0.1, 0.15) is 34.8 Å². The number of hydrogen-bond acceptors (Lipinski definition) is 6. The maximum Gasteiger partial charge on any atom is 0.252 e. The molecular formula is C20H23N5O3. The molecule has 1 aromatic carbocycles. The molecule has 8 nitrogen and oxygen atoms in total. The summed E-state index contributed by atoms with van der Waals surface area (Å²) in [5.41, 5.74) is 1.31. The van der Waals surface area contributed by atoms with E-state index in [2.05, 4.69) is 25.1 Å². The Hall–Kier alpha value is -3.00. The monoisotopic (exact) mass is 381 g/mol. The molecule has 3 aromatic rings. The maximum atomic E-state index is 13.0. The smallest absolute Gasteiger partial charge is 0.252 e. The minimum Gasteiger partial charge on any atom is -0.481 e. The Morgan fingerprint density at radius 1 is 1.25 bits per heavy atom. The lowest BCUT2D eigenvalue weighted by Crippen LogP contribution is -2.35. The number of pyridine rings is 1. The number of aryl methyl sites for hydroxylation is 1. The van der Waals surface area contributed by atoms with Crippen molar-refractivity contribution < 1.29 is 14.3 Å². The molecule has 2 aromatic heterocycles. The van der Waals surface area contributed by atoms with Crippen LogP contribution in [0.15, 0.2) is 30.3 Å². The highest BCUT2D eigenvalue weighted by molar-refractivity contribution is 6.06. The predicted octanol–water partition coefficient (Wildman–Crippen LogP) is 2.12. The van der Waals surface area contributed by atoms with E-state index in [1.165, 1.54) is 0 Å². The summed E-state index contributed by atoms with van der Waals surface area (Å²) in [5.74, 6) is 2.09. The number of fused-ring (bicyclic) bond motifs is 2. The molecule has 3 heterocycles. The Morgan fingerprint density at radius 3 is 2.93 bits per heavy atom. The molecule has 0 bridgehead atoms. The van der Waals surface area contributed by atoms with E-state index < -0.39 is 0 Å². The summed E-state index contributed by atoms with van der Waals surface area (Å²) in [4.78, 5) is 17.5.